The average Bonchev–Trinajstić information content (AvgIpc) is 3.05. The Kier molecular flexibility index (Phi) is 5.70. The lowest BCUT2D eigenvalue weighted by Crippen LogP contribution is -2.12. The monoisotopic (exact) mass is 463 g/mol. The average molecular weight is 463 g/mol. The number of hydrogen-bond acceptors (Lipinski definition) is 4. The van der Waals surface area contributed by atoms with Crippen LogP contribution in [0.3, 0.4) is 0 Å². The summed E-state index contributed by atoms with van der Waals surface area (Å²) < 4.78 is 1.03. The van der Waals surface area contributed by atoms with Crippen LogP contribution < -0.4 is 10.6 Å². The summed E-state index contributed by atoms with van der Waals surface area (Å²) in [5, 5.41) is 9.22. The predicted octanol–water partition coefficient (Wildman–Crippen LogP) is 5.61. The third-order valence-corrected chi connectivity index (χ3v) is 5.22. The molecule has 0 saturated heterocycles. The molecular formula is C19H18IN3OS. The van der Waals surface area contributed by atoms with Gasteiger partial charge in [0.2, 0.25) is 0 Å². The van der Waals surface area contributed by atoms with Gasteiger partial charge in [-0.2, -0.15) is 0 Å². The number of anilines is 3. The zero-order chi connectivity index (χ0) is 17.8. The first-order valence-electron chi connectivity index (χ1n) is 7.94. The smallest absolute Gasteiger partial charge is 0.255 e. The molecular weight excluding hydrogens is 445 g/mol. The third-order valence-electron chi connectivity index (χ3n) is 3.74. The molecule has 0 fully saturated rings. The van der Waals surface area contributed by atoms with Gasteiger partial charge in [-0.05, 0) is 71.8 Å². The minimum absolute atomic E-state index is 0.115. The Hall–Kier alpha value is -1.93. The number of aryl methyl sites for hydroxylation is 2. The van der Waals surface area contributed by atoms with Gasteiger partial charge in [0.1, 0.15) is 0 Å². The van der Waals surface area contributed by atoms with Crippen molar-refractivity contribution < 1.29 is 4.79 Å². The van der Waals surface area contributed by atoms with Crippen molar-refractivity contribution in [3.05, 3.63) is 68.2 Å². The van der Waals surface area contributed by atoms with Crippen molar-refractivity contribution in [1.82, 2.24) is 4.98 Å². The van der Waals surface area contributed by atoms with Crippen LogP contribution in [0.1, 0.15) is 28.5 Å². The highest BCUT2D eigenvalue weighted by Gasteiger charge is 2.09. The van der Waals surface area contributed by atoms with Crippen LogP contribution in [0.4, 0.5) is 16.5 Å². The van der Waals surface area contributed by atoms with Crippen LogP contribution >= 0.6 is 33.9 Å². The van der Waals surface area contributed by atoms with E-state index in [9.17, 15) is 4.79 Å². The summed E-state index contributed by atoms with van der Waals surface area (Å²) in [6.45, 7) is 4.12. The molecule has 2 N–H and O–H groups in total. The number of aromatic nitrogens is 1. The Bertz CT molecular complexity index is 907. The number of nitrogens with one attached hydrogen (secondary N) is 2. The van der Waals surface area contributed by atoms with Gasteiger partial charge in [0.05, 0.1) is 5.69 Å². The maximum absolute atomic E-state index is 12.4. The molecule has 25 heavy (non-hydrogen) atoms. The lowest BCUT2D eigenvalue weighted by Gasteiger charge is -2.11. The lowest BCUT2D eigenvalue weighted by atomic mass is 10.1. The van der Waals surface area contributed by atoms with E-state index in [1.807, 2.05) is 49.4 Å². The lowest BCUT2D eigenvalue weighted by molar-refractivity contribution is 0.102. The zero-order valence-corrected chi connectivity index (χ0v) is 16.9. The van der Waals surface area contributed by atoms with Crippen LogP contribution in [0, 0.1) is 10.5 Å². The molecule has 0 unspecified atom stereocenters. The second-order valence-corrected chi connectivity index (χ2v) is 7.72. The molecule has 2 aromatic carbocycles. The van der Waals surface area contributed by atoms with Crippen molar-refractivity contribution in [3.8, 4) is 0 Å². The fourth-order valence-corrected chi connectivity index (χ4v) is 3.66. The highest BCUT2D eigenvalue weighted by atomic mass is 127. The van der Waals surface area contributed by atoms with E-state index in [2.05, 4.69) is 50.5 Å². The van der Waals surface area contributed by atoms with Gasteiger partial charge in [-0.25, -0.2) is 4.98 Å². The normalized spacial score (nSPS) is 10.5. The van der Waals surface area contributed by atoms with Gasteiger partial charge in [-0.3, -0.25) is 4.79 Å². The van der Waals surface area contributed by atoms with Gasteiger partial charge in [0, 0.05) is 25.9 Å². The van der Waals surface area contributed by atoms with Gasteiger partial charge in [-0.1, -0.05) is 19.1 Å². The summed E-state index contributed by atoms with van der Waals surface area (Å²) in [7, 11) is 0. The van der Waals surface area contributed by atoms with Gasteiger partial charge >= 0.3 is 0 Å². The molecule has 0 aliphatic rings. The first kappa shape index (κ1) is 17.9. The number of hydrogen-bond donors (Lipinski definition) is 2. The number of carbonyl (C=O) groups excluding carboxylic acids is 1. The van der Waals surface area contributed by atoms with Crippen molar-refractivity contribution in [1.29, 1.82) is 0 Å². The number of nitrogens with zero attached hydrogens (tertiary/aromatic N) is 1. The molecule has 1 heterocycles. The van der Waals surface area contributed by atoms with E-state index in [4.69, 9.17) is 0 Å². The van der Waals surface area contributed by atoms with Crippen molar-refractivity contribution in [2.75, 3.05) is 10.6 Å². The minimum atomic E-state index is -0.115. The van der Waals surface area contributed by atoms with Crippen LogP contribution in [-0.4, -0.2) is 10.9 Å². The maximum Gasteiger partial charge on any atom is 0.255 e. The summed E-state index contributed by atoms with van der Waals surface area (Å²) in [5.74, 6) is -0.115. The van der Waals surface area contributed by atoms with Crippen LogP contribution in [-0.2, 0) is 6.42 Å². The van der Waals surface area contributed by atoms with Gasteiger partial charge in [-0.15, -0.1) is 11.3 Å². The van der Waals surface area contributed by atoms with E-state index in [0.29, 0.717) is 5.56 Å². The second-order valence-electron chi connectivity index (χ2n) is 5.62. The van der Waals surface area contributed by atoms with Crippen LogP contribution in [0.25, 0.3) is 0 Å². The molecule has 4 nitrogen and oxygen atoms in total. The first-order chi connectivity index (χ1) is 12.0. The number of carbonyl (C=O) groups is 1. The van der Waals surface area contributed by atoms with E-state index < -0.39 is 0 Å². The number of halogens is 1. The molecule has 3 rings (SSSR count). The standard InChI is InChI=1S/C19H18IN3OS/c1-3-15-11-25-19(22-15)23-17-10-16(8-7-12(17)2)21-18(24)13-5-4-6-14(20)9-13/h4-11H,3H2,1-2H3,(H,21,24)(H,22,23). The number of thiazole rings is 1. The molecule has 0 spiro atoms. The minimum Gasteiger partial charge on any atom is -0.331 e. The van der Waals surface area contributed by atoms with E-state index in [1.165, 1.54) is 0 Å². The molecule has 0 bridgehead atoms. The Morgan fingerprint density at radius 3 is 2.80 bits per heavy atom. The third kappa shape index (κ3) is 4.58. The van der Waals surface area contributed by atoms with Gasteiger partial charge < -0.3 is 10.6 Å². The number of rotatable bonds is 5. The molecule has 0 atom stereocenters. The fourth-order valence-electron chi connectivity index (χ4n) is 2.31. The Labute approximate surface area is 164 Å². The van der Waals surface area contributed by atoms with Crippen molar-refractivity contribution in [2.24, 2.45) is 0 Å². The van der Waals surface area contributed by atoms with Crippen LogP contribution in [0.15, 0.2) is 47.8 Å². The second kappa shape index (κ2) is 7.97. The van der Waals surface area contributed by atoms with E-state index >= 15 is 0 Å². The molecule has 1 amide bonds. The van der Waals surface area contributed by atoms with Gasteiger partial charge in [0.25, 0.3) is 5.91 Å². The fraction of sp³-hybridized carbons (Fsp3) is 0.158. The first-order valence-corrected chi connectivity index (χ1v) is 9.90. The quantitative estimate of drug-likeness (QED) is 0.484. The largest absolute Gasteiger partial charge is 0.331 e. The van der Waals surface area contributed by atoms with Crippen LogP contribution in [0.2, 0.25) is 0 Å². The number of amides is 1. The molecule has 0 aliphatic carbocycles. The predicted molar refractivity (Wildman–Crippen MR) is 113 cm³/mol. The van der Waals surface area contributed by atoms with Crippen molar-refractivity contribution >= 4 is 56.3 Å². The Balaban J connectivity index is 1.77. The highest BCUT2D eigenvalue weighted by Crippen LogP contribution is 2.26. The molecule has 1 aromatic heterocycles. The summed E-state index contributed by atoms with van der Waals surface area (Å²) in [6.07, 6.45) is 0.920. The zero-order valence-electron chi connectivity index (χ0n) is 14.0. The molecule has 0 aliphatic heterocycles. The molecule has 6 heteroatoms. The molecule has 128 valence electrons. The Morgan fingerprint density at radius 2 is 2.08 bits per heavy atom. The summed E-state index contributed by atoms with van der Waals surface area (Å²) >= 11 is 3.79. The van der Waals surface area contributed by atoms with E-state index in [1.54, 1.807) is 11.3 Å². The highest BCUT2D eigenvalue weighted by molar-refractivity contribution is 14.1. The van der Waals surface area contributed by atoms with Crippen molar-refractivity contribution in [3.63, 3.8) is 0 Å². The Morgan fingerprint density at radius 1 is 1.24 bits per heavy atom. The summed E-state index contributed by atoms with van der Waals surface area (Å²) in [4.78, 5) is 17.0. The molecule has 3 aromatic rings. The number of benzene rings is 2. The SMILES string of the molecule is CCc1csc(Nc2cc(NC(=O)c3cccc(I)c3)ccc2C)n1. The topological polar surface area (TPSA) is 54.0 Å². The molecule has 0 radical (unpaired) electrons. The summed E-state index contributed by atoms with van der Waals surface area (Å²) in [6, 6.07) is 13.4. The summed E-state index contributed by atoms with van der Waals surface area (Å²) in [5.41, 5.74) is 4.52. The van der Waals surface area contributed by atoms with Crippen LogP contribution in [0.5, 0.6) is 0 Å². The maximum atomic E-state index is 12.4. The van der Waals surface area contributed by atoms with E-state index in [0.717, 1.165) is 37.8 Å². The van der Waals surface area contributed by atoms with Crippen molar-refractivity contribution in [2.45, 2.75) is 20.3 Å². The van der Waals surface area contributed by atoms with E-state index in [-0.39, 0.29) is 5.91 Å². The molecule has 0 saturated carbocycles. The van der Waals surface area contributed by atoms with Gasteiger partial charge in [0.15, 0.2) is 5.13 Å².